The number of fused-ring (bicyclic) bond motifs is 1. The highest BCUT2D eigenvalue weighted by Crippen LogP contribution is 2.16. The summed E-state index contributed by atoms with van der Waals surface area (Å²) in [6, 6.07) is 6.15. The predicted molar refractivity (Wildman–Crippen MR) is 143 cm³/mol. The van der Waals surface area contributed by atoms with Crippen molar-refractivity contribution in [3.05, 3.63) is 57.5 Å². The van der Waals surface area contributed by atoms with Gasteiger partial charge in [-0.15, -0.1) is 0 Å². The van der Waals surface area contributed by atoms with Crippen molar-refractivity contribution in [2.45, 2.75) is 38.1 Å². The fourth-order valence-electron chi connectivity index (χ4n) is 3.98. The summed E-state index contributed by atoms with van der Waals surface area (Å²) in [6.07, 6.45) is 2.68. The van der Waals surface area contributed by atoms with Crippen LogP contribution in [0.4, 0.5) is 5.95 Å². The van der Waals surface area contributed by atoms with E-state index in [2.05, 4.69) is 25.6 Å². The Morgan fingerprint density at radius 1 is 1.13 bits per heavy atom. The number of carbonyl (C=O) groups is 3. The molecule has 13 nitrogen and oxygen atoms in total. The third kappa shape index (κ3) is 9.23. The molecule has 2 heterocycles. The van der Waals surface area contributed by atoms with Gasteiger partial charge in [-0.3, -0.25) is 24.2 Å². The van der Waals surface area contributed by atoms with E-state index in [-0.39, 0.29) is 44.0 Å². The molecule has 0 saturated carbocycles. The number of carboxylic acid groups (broad SMARTS) is 1. The lowest BCUT2D eigenvalue weighted by molar-refractivity contribution is -0.146. The molecular weight excluding hydrogens is 508 g/mol. The Labute approximate surface area is 224 Å². The molecule has 2 aromatic heterocycles. The molecule has 1 aromatic carbocycles. The SMILES string of the molecule is CNCCOCCOC(=O)CC[C@@H](CC(=O)O)NC(=O)c1ccc(CCc2c[nH]c3nc(N)[nH]c(=O)c23)cc1. The molecule has 7 N–H and O–H groups in total. The van der Waals surface area contributed by atoms with Crippen molar-refractivity contribution < 1.29 is 29.0 Å². The van der Waals surface area contributed by atoms with Crippen molar-refractivity contribution in [2.75, 3.05) is 39.1 Å². The number of hydrogen-bond acceptors (Lipinski definition) is 9. The van der Waals surface area contributed by atoms with E-state index in [1.807, 2.05) is 0 Å². The van der Waals surface area contributed by atoms with Crippen LogP contribution in [0.2, 0.25) is 0 Å². The van der Waals surface area contributed by atoms with Gasteiger partial charge in [-0.25, -0.2) is 0 Å². The number of carboxylic acids is 1. The molecular formula is C26H34N6O7. The molecule has 1 amide bonds. The molecule has 0 fully saturated rings. The van der Waals surface area contributed by atoms with Crippen molar-refractivity contribution in [3.8, 4) is 0 Å². The lowest BCUT2D eigenvalue weighted by Crippen LogP contribution is -2.37. The van der Waals surface area contributed by atoms with E-state index in [1.54, 1.807) is 37.5 Å². The van der Waals surface area contributed by atoms with Crippen LogP contribution in [0.1, 0.15) is 40.7 Å². The van der Waals surface area contributed by atoms with E-state index in [0.717, 1.165) is 11.1 Å². The highest BCUT2D eigenvalue weighted by atomic mass is 16.6. The quantitative estimate of drug-likeness (QED) is 0.111. The molecule has 0 spiro atoms. The van der Waals surface area contributed by atoms with Crippen LogP contribution in [0.25, 0.3) is 11.0 Å². The topological polar surface area (TPSA) is 202 Å². The second-order valence-corrected chi connectivity index (χ2v) is 8.93. The summed E-state index contributed by atoms with van der Waals surface area (Å²) in [5.41, 5.74) is 7.81. The lowest BCUT2D eigenvalue weighted by Gasteiger charge is -2.17. The van der Waals surface area contributed by atoms with Gasteiger partial charge in [-0.05, 0) is 49.6 Å². The zero-order chi connectivity index (χ0) is 28.2. The number of benzene rings is 1. The van der Waals surface area contributed by atoms with Gasteiger partial charge in [0.1, 0.15) is 12.3 Å². The number of nitrogens with one attached hydrogen (secondary N) is 4. The van der Waals surface area contributed by atoms with E-state index in [4.69, 9.17) is 15.2 Å². The summed E-state index contributed by atoms with van der Waals surface area (Å²) in [5.74, 6) is -1.97. The van der Waals surface area contributed by atoms with Gasteiger partial charge in [-0.1, -0.05) is 12.1 Å². The molecule has 0 saturated heterocycles. The number of anilines is 1. The first kappa shape index (κ1) is 29.3. The standard InChI is InChI=1S/C26H34N6O7/c1-28-10-11-38-12-13-39-21(35)9-8-19(14-20(33)34)30-24(36)17-5-2-16(3-6-17)4-7-18-15-29-23-22(18)25(37)32-26(27)31-23/h2-3,5-6,15,19,28H,4,7-14H2,1H3,(H,30,36)(H,33,34)(H4,27,29,31,32,37)/t19-/m0/s1. The molecule has 0 aliphatic heterocycles. The Morgan fingerprint density at radius 2 is 1.90 bits per heavy atom. The van der Waals surface area contributed by atoms with Gasteiger partial charge in [0.05, 0.1) is 25.0 Å². The summed E-state index contributed by atoms with van der Waals surface area (Å²) in [4.78, 5) is 57.8. The fraction of sp³-hybridized carbons (Fsp3) is 0.423. The van der Waals surface area contributed by atoms with Crippen LogP contribution in [-0.2, 0) is 31.9 Å². The Kier molecular flexibility index (Phi) is 11.0. The van der Waals surface area contributed by atoms with E-state index < -0.39 is 23.9 Å². The van der Waals surface area contributed by atoms with Crippen molar-refractivity contribution in [1.82, 2.24) is 25.6 Å². The number of aliphatic carboxylic acids is 1. The highest BCUT2D eigenvalue weighted by molar-refractivity contribution is 5.94. The number of aromatic nitrogens is 3. The number of carbonyl (C=O) groups excluding carboxylic acids is 2. The van der Waals surface area contributed by atoms with E-state index >= 15 is 0 Å². The van der Waals surface area contributed by atoms with Crippen LogP contribution in [0.15, 0.2) is 35.3 Å². The second-order valence-electron chi connectivity index (χ2n) is 8.93. The maximum Gasteiger partial charge on any atom is 0.305 e. The summed E-state index contributed by atoms with van der Waals surface area (Å²) in [5, 5.41) is 15.3. The monoisotopic (exact) mass is 542 g/mol. The molecule has 0 aliphatic rings. The van der Waals surface area contributed by atoms with Gasteiger partial charge >= 0.3 is 11.9 Å². The Morgan fingerprint density at radius 3 is 2.62 bits per heavy atom. The minimum absolute atomic E-state index is 0.0353. The Hall–Kier alpha value is -4.23. The number of H-pyrrole nitrogens is 2. The zero-order valence-corrected chi connectivity index (χ0v) is 21.7. The molecule has 13 heteroatoms. The van der Waals surface area contributed by atoms with Crippen molar-refractivity contribution in [2.24, 2.45) is 0 Å². The van der Waals surface area contributed by atoms with Crippen LogP contribution in [0.5, 0.6) is 0 Å². The van der Waals surface area contributed by atoms with Crippen molar-refractivity contribution >= 4 is 34.8 Å². The number of ether oxygens (including phenoxy) is 2. The third-order valence-electron chi connectivity index (χ3n) is 5.98. The lowest BCUT2D eigenvalue weighted by atomic mass is 10.0. The number of aryl methyl sites for hydroxylation is 2. The van der Waals surface area contributed by atoms with Gasteiger partial charge in [0, 0.05) is 30.8 Å². The number of aromatic amines is 2. The van der Waals surface area contributed by atoms with E-state index in [9.17, 15) is 24.3 Å². The average Bonchev–Trinajstić information content (AvgIpc) is 3.31. The first-order valence-corrected chi connectivity index (χ1v) is 12.6. The molecule has 0 bridgehead atoms. The highest BCUT2D eigenvalue weighted by Gasteiger charge is 2.19. The first-order valence-electron chi connectivity index (χ1n) is 12.6. The summed E-state index contributed by atoms with van der Waals surface area (Å²) < 4.78 is 10.4. The molecule has 39 heavy (non-hydrogen) atoms. The average molecular weight is 543 g/mol. The Bertz CT molecular complexity index is 1320. The molecule has 0 unspecified atom stereocenters. The summed E-state index contributed by atoms with van der Waals surface area (Å²) in [7, 11) is 1.80. The number of hydrogen-bond donors (Lipinski definition) is 6. The number of esters is 1. The maximum absolute atomic E-state index is 12.7. The smallest absolute Gasteiger partial charge is 0.305 e. The maximum atomic E-state index is 12.7. The number of amides is 1. The number of rotatable bonds is 16. The van der Waals surface area contributed by atoms with E-state index in [0.29, 0.717) is 42.6 Å². The molecule has 3 aromatic rings. The zero-order valence-electron chi connectivity index (χ0n) is 21.7. The minimum Gasteiger partial charge on any atom is -0.481 e. The van der Waals surface area contributed by atoms with Gasteiger partial charge in [-0.2, -0.15) is 4.98 Å². The first-order chi connectivity index (χ1) is 18.8. The number of nitrogen functional groups attached to an aromatic ring is 1. The number of nitrogens with two attached hydrogens (primary N) is 1. The largest absolute Gasteiger partial charge is 0.481 e. The van der Waals surface area contributed by atoms with Crippen molar-refractivity contribution in [3.63, 3.8) is 0 Å². The molecule has 210 valence electrons. The third-order valence-corrected chi connectivity index (χ3v) is 5.98. The summed E-state index contributed by atoms with van der Waals surface area (Å²) >= 11 is 0. The van der Waals surface area contributed by atoms with E-state index in [1.165, 1.54) is 0 Å². The normalized spacial score (nSPS) is 11.8. The molecule has 0 radical (unpaired) electrons. The molecule has 3 rings (SSSR count). The van der Waals surface area contributed by atoms with Crippen LogP contribution < -0.4 is 21.9 Å². The number of nitrogens with zero attached hydrogens (tertiary/aromatic N) is 1. The fourth-order valence-corrected chi connectivity index (χ4v) is 3.98. The second kappa shape index (κ2) is 14.6. The minimum atomic E-state index is -1.09. The van der Waals surface area contributed by atoms with Gasteiger partial charge in [0.25, 0.3) is 11.5 Å². The number of likely N-dealkylation sites (N-methyl/N-ethyl adjacent to an activating group) is 1. The summed E-state index contributed by atoms with van der Waals surface area (Å²) in [6.45, 7) is 1.56. The Balaban J connectivity index is 1.49. The van der Waals surface area contributed by atoms with Crippen LogP contribution in [0, 0.1) is 0 Å². The van der Waals surface area contributed by atoms with Gasteiger partial charge in [0.2, 0.25) is 5.95 Å². The van der Waals surface area contributed by atoms with Crippen LogP contribution >= 0.6 is 0 Å². The van der Waals surface area contributed by atoms with Crippen LogP contribution in [-0.4, -0.2) is 77.4 Å². The predicted octanol–water partition coefficient (Wildman–Crippen LogP) is 0.751. The molecule has 1 atom stereocenters. The molecule has 0 aliphatic carbocycles. The van der Waals surface area contributed by atoms with Gasteiger partial charge < -0.3 is 35.9 Å². The van der Waals surface area contributed by atoms with Gasteiger partial charge in [0.15, 0.2) is 0 Å². The van der Waals surface area contributed by atoms with Crippen LogP contribution in [0.3, 0.4) is 0 Å². The van der Waals surface area contributed by atoms with Crippen molar-refractivity contribution in [1.29, 1.82) is 0 Å².